The van der Waals surface area contributed by atoms with Crippen molar-refractivity contribution in [3.05, 3.63) is 134 Å². The van der Waals surface area contributed by atoms with Gasteiger partial charge in [0.15, 0.2) is 6.10 Å². The van der Waals surface area contributed by atoms with Crippen molar-refractivity contribution < 1.29 is 28.6 Å². The van der Waals surface area contributed by atoms with Crippen molar-refractivity contribution >= 4 is 17.9 Å². The molecule has 0 bridgehead atoms. The van der Waals surface area contributed by atoms with Gasteiger partial charge in [-0.15, -0.1) is 0 Å². The number of esters is 3. The standard InChI is InChI=1S/C51H76O6/c1-4-7-10-13-16-19-22-25-28-31-34-37-40-43-49(52)55-46-48(57-51(54)45-42-39-36-33-30-27-24-21-18-15-12-9-6-3)47-56-50(53)44-41-38-35-32-29-26-23-20-17-14-11-8-5-2/h7-25,27-28,30,48H,4-6,26,29,31-47H2,1-3H3/b10-7+,11-8+,12-9+,16-13+,17-14+,18-15+,22-19+,23-20+,24-21+,28-25+,30-27+. The molecule has 0 radical (unpaired) electrons. The van der Waals surface area contributed by atoms with E-state index >= 15 is 0 Å². The Hall–Kier alpha value is -4.45. The molecule has 0 aromatic heterocycles. The molecule has 316 valence electrons. The first-order valence-electron chi connectivity index (χ1n) is 21.8. The number of hydrogen-bond acceptors (Lipinski definition) is 6. The molecule has 0 aliphatic carbocycles. The molecule has 1 unspecified atom stereocenters. The highest BCUT2D eigenvalue weighted by Crippen LogP contribution is 2.11. The lowest BCUT2D eigenvalue weighted by Gasteiger charge is -2.18. The molecule has 57 heavy (non-hydrogen) atoms. The fraction of sp³-hybridized carbons (Fsp3) is 0.510. The van der Waals surface area contributed by atoms with Crippen molar-refractivity contribution in [3.63, 3.8) is 0 Å². The van der Waals surface area contributed by atoms with E-state index in [-0.39, 0.29) is 37.5 Å². The SMILES string of the molecule is CC/C=C/C=C/C=C/C=C/CCCCCC(=O)OCC(COC(=O)CCCCCCC/C=C/C=C/C=C/CC)OC(=O)CCCCC/C=C/C=C/C=C/C=C/CC. The lowest BCUT2D eigenvalue weighted by molar-refractivity contribution is -0.167. The van der Waals surface area contributed by atoms with Gasteiger partial charge in [-0.05, 0) is 77.0 Å². The van der Waals surface area contributed by atoms with Crippen molar-refractivity contribution in [3.8, 4) is 0 Å². The summed E-state index contributed by atoms with van der Waals surface area (Å²) >= 11 is 0. The summed E-state index contributed by atoms with van der Waals surface area (Å²) in [5.74, 6) is -1.04. The highest BCUT2D eigenvalue weighted by Gasteiger charge is 2.19. The van der Waals surface area contributed by atoms with E-state index in [0.29, 0.717) is 19.3 Å². The van der Waals surface area contributed by atoms with E-state index in [2.05, 4.69) is 75.5 Å². The normalized spacial score (nSPS) is 13.4. The van der Waals surface area contributed by atoms with Gasteiger partial charge >= 0.3 is 17.9 Å². The maximum Gasteiger partial charge on any atom is 0.306 e. The van der Waals surface area contributed by atoms with Crippen molar-refractivity contribution in [1.82, 2.24) is 0 Å². The second-order valence-electron chi connectivity index (χ2n) is 13.7. The van der Waals surface area contributed by atoms with Gasteiger partial charge < -0.3 is 14.2 Å². The summed E-state index contributed by atoms with van der Waals surface area (Å²) in [5.41, 5.74) is 0. The van der Waals surface area contributed by atoms with Gasteiger partial charge in [0.05, 0.1) is 0 Å². The van der Waals surface area contributed by atoms with Crippen LogP contribution in [0.4, 0.5) is 0 Å². The van der Waals surface area contributed by atoms with Crippen LogP contribution in [0.15, 0.2) is 134 Å². The average Bonchev–Trinajstić information content (AvgIpc) is 3.21. The number of ether oxygens (including phenoxy) is 3. The van der Waals surface area contributed by atoms with Gasteiger partial charge in [0.2, 0.25) is 0 Å². The minimum atomic E-state index is -0.826. The fourth-order valence-corrected chi connectivity index (χ4v) is 5.17. The second-order valence-corrected chi connectivity index (χ2v) is 13.7. The van der Waals surface area contributed by atoms with Crippen LogP contribution in [0.2, 0.25) is 0 Å². The monoisotopic (exact) mass is 785 g/mol. The minimum Gasteiger partial charge on any atom is -0.462 e. The summed E-state index contributed by atoms with van der Waals surface area (Å²) in [4.78, 5) is 37.7. The summed E-state index contributed by atoms with van der Waals surface area (Å²) < 4.78 is 16.6. The van der Waals surface area contributed by atoms with E-state index in [1.54, 1.807) is 0 Å². The van der Waals surface area contributed by atoms with Crippen LogP contribution >= 0.6 is 0 Å². The number of carbonyl (C=O) groups is 3. The van der Waals surface area contributed by atoms with Gasteiger partial charge in [-0.2, -0.15) is 0 Å². The number of hydrogen-bond donors (Lipinski definition) is 0. The molecule has 0 fully saturated rings. The Balaban J connectivity index is 4.60. The lowest BCUT2D eigenvalue weighted by atomic mass is 10.1. The maximum absolute atomic E-state index is 12.7. The van der Waals surface area contributed by atoms with Crippen LogP contribution in [0, 0.1) is 0 Å². The molecule has 0 saturated heterocycles. The number of unbranched alkanes of at least 4 members (excludes halogenated alkanes) is 11. The van der Waals surface area contributed by atoms with E-state index in [0.717, 1.165) is 103 Å². The van der Waals surface area contributed by atoms with Crippen LogP contribution in [0.1, 0.15) is 149 Å². The smallest absolute Gasteiger partial charge is 0.306 e. The van der Waals surface area contributed by atoms with Crippen LogP contribution in [0.25, 0.3) is 0 Å². The zero-order valence-corrected chi connectivity index (χ0v) is 35.8. The molecule has 0 amide bonds. The topological polar surface area (TPSA) is 78.9 Å². The minimum absolute atomic E-state index is 0.124. The zero-order valence-electron chi connectivity index (χ0n) is 35.8. The van der Waals surface area contributed by atoms with Crippen LogP contribution < -0.4 is 0 Å². The van der Waals surface area contributed by atoms with Crippen molar-refractivity contribution in [1.29, 1.82) is 0 Å². The third kappa shape index (κ3) is 42.5. The summed E-state index contributed by atoms with van der Waals surface area (Å²) in [6.07, 6.45) is 61.5. The Kier molecular flexibility index (Phi) is 40.8. The van der Waals surface area contributed by atoms with Crippen LogP contribution in [0.5, 0.6) is 0 Å². The zero-order chi connectivity index (χ0) is 41.5. The Morgan fingerprint density at radius 2 is 0.632 bits per heavy atom. The van der Waals surface area contributed by atoms with Gasteiger partial charge in [0.25, 0.3) is 0 Å². The summed E-state index contributed by atoms with van der Waals surface area (Å²) in [6, 6.07) is 0. The molecule has 0 N–H and O–H groups in total. The highest BCUT2D eigenvalue weighted by molar-refractivity contribution is 5.71. The average molecular weight is 785 g/mol. The third-order valence-corrected chi connectivity index (χ3v) is 8.38. The Morgan fingerprint density at radius 3 is 1.00 bits per heavy atom. The van der Waals surface area contributed by atoms with Gasteiger partial charge in [-0.25, -0.2) is 0 Å². The van der Waals surface area contributed by atoms with E-state index in [1.165, 1.54) is 0 Å². The molecular formula is C51H76O6. The molecule has 6 heteroatoms. The molecule has 0 spiro atoms. The summed E-state index contributed by atoms with van der Waals surface area (Å²) in [7, 11) is 0. The lowest BCUT2D eigenvalue weighted by Crippen LogP contribution is -2.30. The predicted octanol–water partition coefficient (Wildman–Crippen LogP) is 14.0. The second kappa shape index (κ2) is 44.3. The number of allylic oxidation sites excluding steroid dienone is 22. The Labute approximate surface area is 347 Å². The molecule has 1 atom stereocenters. The van der Waals surface area contributed by atoms with E-state index in [1.807, 2.05) is 79.0 Å². The van der Waals surface area contributed by atoms with Gasteiger partial charge in [0.1, 0.15) is 13.2 Å². The molecule has 6 nitrogen and oxygen atoms in total. The van der Waals surface area contributed by atoms with E-state index in [9.17, 15) is 14.4 Å². The molecular weight excluding hydrogens is 709 g/mol. The van der Waals surface area contributed by atoms with Gasteiger partial charge in [-0.1, -0.05) is 187 Å². The summed E-state index contributed by atoms with van der Waals surface area (Å²) in [6.45, 7) is 6.08. The fourth-order valence-electron chi connectivity index (χ4n) is 5.17. The highest BCUT2D eigenvalue weighted by atomic mass is 16.6. The first-order valence-corrected chi connectivity index (χ1v) is 21.8. The van der Waals surface area contributed by atoms with Gasteiger partial charge in [-0.3, -0.25) is 14.4 Å². The molecule has 0 rings (SSSR count). The first-order chi connectivity index (χ1) is 28.0. The molecule has 0 aliphatic heterocycles. The Morgan fingerprint density at radius 1 is 0.351 bits per heavy atom. The Bertz CT molecular complexity index is 1320. The predicted molar refractivity (Wildman–Crippen MR) is 242 cm³/mol. The van der Waals surface area contributed by atoms with Crippen molar-refractivity contribution in [2.45, 2.75) is 155 Å². The maximum atomic E-state index is 12.7. The van der Waals surface area contributed by atoms with Gasteiger partial charge in [0, 0.05) is 19.3 Å². The van der Waals surface area contributed by atoms with Crippen LogP contribution in [-0.2, 0) is 28.6 Å². The van der Waals surface area contributed by atoms with Crippen LogP contribution in [0.3, 0.4) is 0 Å². The molecule has 0 aromatic rings. The molecule has 0 heterocycles. The summed E-state index contributed by atoms with van der Waals surface area (Å²) in [5, 5.41) is 0. The first kappa shape index (κ1) is 52.6. The molecule has 0 saturated carbocycles. The molecule has 0 aliphatic rings. The number of carbonyl (C=O) groups excluding carboxylic acids is 3. The molecule has 0 aromatic carbocycles. The van der Waals surface area contributed by atoms with E-state index < -0.39 is 6.10 Å². The van der Waals surface area contributed by atoms with Crippen molar-refractivity contribution in [2.75, 3.05) is 13.2 Å². The quantitative estimate of drug-likeness (QED) is 0.0272. The van der Waals surface area contributed by atoms with E-state index in [4.69, 9.17) is 14.2 Å². The number of rotatable bonds is 36. The van der Waals surface area contributed by atoms with Crippen LogP contribution in [-0.4, -0.2) is 37.2 Å². The largest absolute Gasteiger partial charge is 0.462 e. The van der Waals surface area contributed by atoms with Crippen molar-refractivity contribution in [2.24, 2.45) is 0 Å². The third-order valence-electron chi connectivity index (χ3n) is 8.38.